The van der Waals surface area contributed by atoms with E-state index in [1.807, 2.05) is 0 Å². The maximum Gasteiger partial charge on any atom is 0.335 e. The number of imidazole rings is 1. The molecular formula is C13H21N3O8. The molecular weight excluding hydrogens is 326 g/mol. The van der Waals surface area contributed by atoms with Gasteiger partial charge in [-0.05, 0) is 0 Å². The molecule has 0 saturated heterocycles. The van der Waals surface area contributed by atoms with Gasteiger partial charge in [-0.2, -0.15) is 0 Å². The summed E-state index contributed by atoms with van der Waals surface area (Å²) in [6.07, 6.45) is -1.82. The summed E-state index contributed by atoms with van der Waals surface area (Å²) in [5.41, 5.74) is 3.86. The van der Waals surface area contributed by atoms with Crippen LogP contribution in [0.5, 0.6) is 0 Å². The fourth-order valence-electron chi connectivity index (χ4n) is 2.17. The number of nitrogens with zero attached hydrogens (tertiary/aromatic N) is 1. The molecule has 1 saturated carbocycles. The van der Waals surface area contributed by atoms with Crippen molar-refractivity contribution in [3.8, 4) is 0 Å². The average molecular weight is 347 g/mol. The maximum absolute atomic E-state index is 10.5. The SMILES string of the molecule is N[C@@H](Cc1cnc[nH]1)C(=O)O.O=C(O)[C@@]1(O)CC(O)[C@H](O)[C@H](O)C1. The van der Waals surface area contributed by atoms with Crippen molar-refractivity contribution in [3.05, 3.63) is 18.2 Å². The number of hydrogen-bond acceptors (Lipinski definition) is 8. The number of aromatic amines is 1. The number of rotatable bonds is 4. The van der Waals surface area contributed by atoms with Gasteiger partial charge in [0.1, 0.15) is 12.1 Å². The number of nitrogens with one attached hydrogen (secondary N) is 1. The molecule has 0 radical (unpaired) electrons. The quantitative estimate of drug-likeness (QED) is 0.277. The summed E-state index contributed by atoms with van der Waals surface area (Å²) in [7, 11) is 0. The number of carbonyl (C=O) groups is 2. The van der Waals surface area contributed by atoms with Crippen molar-refractivity contribution in [2.24, 2.45) is 5.73 Å². The fraction of sp³-hybridized carbons (Fsp3) is 0.615. The first-order valence-electron chi connectivity index (χ1n) is 7.02. The van der Waals surface area contributed by atoms with E-state index in [2.05, 4.69) is 9.97 Å². The molecule has 0 spiro atoms. The molecule has 0 aromatic carbocycles. The summed E-state index contributed by atoms with van der Waals surface area (Å²) in [6.45, 7) is 0. The number of aliphatic hydroxyl groups is 4. The second-order valence-electron chi connectivity index (χ2n) is 5.60. The largest absolute Gasteiger partial charge is 0.480 e. The zero-order chi connectivity index (χ0) is 18.5. The van der Waals surface area contributed by atoms with Crippen molar-refractivity contribution in [1.82, 2.24) is 9.97 Å². The Morgan fingerprint density at radius 1 is 1.29 bits per heavy atom. The summed E-state index contributed by atoms with van der Waals surface area (Å²) in [4.78, 5) is 27.3. The lowest BCUT2D eigenvalue weighted by Gasteiger charge is -2.37. The highest BCUT2D eigenvalue weighted by Crippen LogP contribution is 2.29. The first-order chi connectivity index (χ1) is 11.1. The van der Waals surface area contributed by atoms with Gasteiger partial charge in [-0.3, -0.25) is 4.79 Å². The lowest BCUT2D eigenvalue weighted by Crippen LogP contribution is -2.56. The third kappa shape index (κ3) is 5.25. The van der Waals surface area contributed by atoms with Crippen LogP contribution in [0.1, 0.15) is 18.5 Å². The van der Waals surface area contributed by atoms with E-state index >= 15 is 0 Å². The predicted molar refractivity (Wildman–Crippen MR) is 77.7 cm³/mol. The molecule has 0 aliphatic heterocycles. The number of aromatic nitrogens is 2. The van der Waals surface area contributed by atoms with E-state index in [0.717, 1.165) is 5.69 Å². The first kappa shape index (κ1) is 20.0. The monoisotopic (exact) mass is 347 g/mol. The Kier molecular flexibility index (Phi) is 6.81. The van der Waals surface area contributed by atoms with Crippen molar-refractivity contribution < 1.29 is 40.2 Å². The van der Waals surface area contributed by atoms with Crippen LogP contribution in [0.3, 0.4) is 0 Å². The molecule has 0 bridgehead atoms. The predicted octanol–water partition coefficient (Wildman–Crippen LogP) is -2.96. The van der Waals surface area contributed by atoms with Gasteiger partial charge < -0.3 is 41.4 Å². The summed E-state index contributed by atoms with van der Waals surface area (Å²) in [5.74, 6) is -2.50. The van der Waals surface area contributed by atoms with Crippen LogP contribution in [0.25, 0.3) is 0 Å². The molecule has 1 heterocycles. The molecule has 11 nitrogen and oxygen atoms in total. The van der Waals surface area contributed by atoms with Gasteiger partial charge in [-0.15, -0.1) is 0 Å². The van der Waals surface area contributed by atoms with Gasteiger partial charge in [0.15, 0.2) is 5.60 Å². The van der Waals surface area contributed by atoms with E-state index in [4.69, 9.17) is 31.3 Å². The second-order valence-corrected chi connectivity index (χ2v) is 5.60. The second kappa shape index (κ2) is 8.17. The average Bonchev–Trinajstić information content (AvgIpc) is 2.98. The van der Waals surface area contributed by atoms with Gasteiger partial charge in [0.25, 0.3) is 0 Å². The Bertz CT molecular complexity index is 537. The van der Waals surface area contributed by atoms with Gasteiger partial charge in [-0.25, -0.2) is 9.78 Å². The number of carboxylic acid groups (broad SMARTS) is 2. The van der Waals surface area contributed by atoms with Crippen molar-refractivity contribution in [1.29, 1.82) is 0 Å². The van der Waals surface area contributed by atoms with Crippen LogP contribution in [-0.4, -0.2) is 82.5 Å². The van der Waals surface area contributed by atoms with Crippen LogP contribution in [0.2, 0.25) is 0 Å². The lowest BCUT2D eigenvalue weighted by atomic mass is 9.80. The Morgan fingerprint density at radius 2 is 1.83 bits per heavy atom. The Hall–Kier alpha value is -2.05. The molecule has 1 aromatic heterocycles. The third-order valence-electron chi connectivity index (χ3n) is 3.59. The van der Waals surface area contributed by atoms with Gasteiger partial charge >= 0.3 is 11.9 Å². The Balaban J connectivity index is 0.000000243. The van der Waals surface area contributed by atoms with E-state index in [0.29, 0.717) is 0 Å². The number of nitrogens with two attached hydrogens (primary N) is 1. The minimum atomic E-state index is -2.14. The minimum Gasteiger partial charge on any atom is -0.480 e. The highest BCUT2D eigenvalue weighted by Gasteiger charge is 2.48. The van der Waals surface area contributed by atoms with E-state index in [1.165, 1.54) is 6.33 Å². The van der Waals surface area contributed by atoms with Crippen LogP contribution < -0.4 is 5.73 Å². The maximum atomic E-state index is 10.5. The summed E-state index contributed by atoms with van der Waals surface area (Å²) >= 11 is 0. The van der Waals surface area contributed by atoms with Crippen molar-refractivity contribution >= 4 is 11.9 Å². The van der Waals surface area contributed by atoms with Gasteiger partial charge in [-0.1, -0.05) is 0 Å². The highest BCUT2D eigenvalue weighted by atomic mass is 16.4. The fourth-order valence-corrected chi connectivity index (χ4v) is 2.17. The van der Waals surface area contributed by atoms with Gasteiger partial charge in [0.05, 0.1) is 18.5 Å². The number of aliphatic carboxylic acids is 2. The van der Waals surface area contributed by atoms with Crippen molar-refractivity contribution in [2.75, 3.05) is 0 Å². The van der Waals surface area contributed by atoms with Crippen LogP contribution in [0.4, 0.5) is 0 Å². The number of carboxylic acids is 2. The van der Waals surface area contributed by atoms with E-state index in [-0.39, 0.29) is 6.42 Å². The topological polar surface area (TPSA) is 210 Å². The van der Waals surface area contributed by atoms with E-state index in [1.54, 1.807) is 6.20 Å². The Labute approximate surface area is 136 Å². The molecule has 1 aliphatic carbocycles. The summed E-state index contributed by atoms with van der Waals surface area (Å²) in [6, 6.07) is -0.851. The molecule has 136 valence electrons. The molecule has 0 amide bonds. The van der Waals surface area contributed by atoms with Crippen molar-refractivity contribution in [3.63, 3.8) is 0 Å². The van der Waals surface area contributed by atoms with Crippen LogP contribution in [0, 0.1) is 0 Å². The zero-order valence-corrected chi connectivity index (χ0v) is 12.6. The Morgan fingerprint density at radius 3 is 2.21 bits per heavy atom. The van der Waals surface area contributed by atoms with Gasteiger partial charge in [0.2, 0.25) is 0 Å². The summed E-state index contributed by atoms with van der Waals surface area (Å²) in [5, 5.41) is 53.6. The van der Waals surface area contributed by atoms with Crippen LogP contribution >= 0.6 is 0 Å². The molecule has 1 unspecified atom stereocenters. The lowest BCUT2D eigenvalue weighted by molar-refractivity contribution is -0.187. The summed E-state index contributed by atoms with van der Waals surface area (Å²) < 4.78 is 0. The standard InChI is InChI=1S/C7H12O6.C6H9N3O2/c8-3-1-7(13,6(11)12)2-4(9)5(3)10;7-5(6(10)11)1-4-2-8-3-9-4/h3-5,8-10,13H,1-2H2,(H,11,12);2-3,5H,1,7H2,(H,8,9)(H,10,11)/t3-,4?,5-,7+;5-/m10/s1. The normalized spacial score (nSPS) is 30.8. The van der Waals surface area contributed by atoms with Crippen LogP contribution in [0.15, 0.2) is 12.5 Å². The third-order valence-corrected chi connectivity index (χ3v) is 3.59. The number of aliphatic hydroxyl groups excluding tert-OH is 3. The van der Waals surface area contributed by atoms with E-state index < -0.39 is 54.7 Å². The number of H-pyrrole nitrogens is 1. The molecule has 1 aromatic rings. The molecule has 24 heavy (non-hydrogen) atoms. The van der Waals surface area contributed by atoms with Gasteiger partial charge in [0, 0.05) is 31.2 Å². The first-order valence-corrected chi connectivity index (χ1v) is 7.02. The number of hydrogen-bond donors (Lipinski definition) is 8. The van der Waals surface area contributed by atoms with Crippen molar-refractivity contribution in [2.45, 2.75) is 49.2 Å². The molecule has 5 atom stereocenters. The smallest absolute Gasteiger partial charge is 0.335 e. The molecule has 2 rings (SSSR count). The molecule has 1 fully saturated rings. The van der Waals surface area contributed by atoms with Crippen LogP contribution in [-0.2, 0) is 16.0 Å². The molecule has 1 aliphatic rings. The molecule has 9 N–H and O–H groups in total. The molecule has 11 heteroatoms. The minimum absolute atomic E-state index is 0.287. The zero-order valence-electron chi connectivity index (χ0n) is 12.6. The van der Waals surface area contributed by atoms with E-state index in [9.17, 15) is 14.7 Å². The highest BCUT2D eigenvalue weighted by molar-refractivity contribution is 5.77.